The van der Waals surface area contributed by atoms with Gasteiger partial charge in [-0.15, -0.1) is 5.10 Å². The second kappa shape index (κ2) is 3.27. The molecule has 0 atom stereocenters. The third-order valence-electron chi connectivity index (χ3n) is 2.57. The van der Waals surface area contributed by atoms with E-state index in [2.05, 4.69) is 5.10 Å². The summed E-state index contributed by atoms with van der Waals surface area (Å²) in [4.78, 5) is 0. The monoisotopic (exact) mass is 215 g/mol. The number of aromatic nitrogens is 2. The van der Waals surface area contributed by atoms with E-state index in [4.69, 9.17) is 5.73 Å². The van der Waals surface area contributed by atoms with Crippen LogP contribution in [0.3, 0.4) is 0 Å². The van der Waals surface area contributed by atoms with Crippen LogP contribution in [0.5, 0.6) is 0 Å². The Morgan fingerprint density at radius 1 is 1.43 bits per heavy atom. The van der Waals surface area contributed by atoms with Crippen LogP contribution in [-0.4, -0.2) is 22.9 Å². The highest BCUT2D eigenvalue weighted by Crippen LogP contribution is 2.25. The Hall–Kier alpha value is -1.04. The van der Waals surface area contributed by atoms with Gasteiger partial charge in [-0.25, -0.2) is 8.42 Å². The lowest BCUT2D eigenvalue weighted by Crippen LogP contribution is -2.25. The van der Waals surface area contributed by atoms with Crippen LogP contribution in [0.15, 0.2) is 12.3 Å². The zero-order valence-electron chi connectivity index (χ0n) is 7.76. The van der Waals surface area contributed by atoms with Crippen molar-refractivity contribution in [3.8, 4) is 0 Å². The lowest BCUT2D eigenvalue weighted by Gasteiger charge is -2.09. The van der Waals surface area contributed by atoms with Crippen LogP contribution in [0, 0.1) is 0 Å². The molecule has 1 heterocycles. The quantitative estimate of drug-likeness (QED) is 0.783. The molecule has 0 bridgehead atoms. The molecule has 1 aliphatic carbocycles. The molecule has 0 unspecified atom stereocenters. The zero-order chi connectivity index (χ0) is 10.2. The fourth-order valence-corrected chi connectivity index (χ4v) is 3.47. The molecule has 6 heteroatoms. The lowest BCUT2D eigenvalue weighted by molar-refractivity contribution is 0.563. The van der Waals surface area contributed by atoms with E-state index in [1.165, 1.54) is 12.3 Å². The average Bonchev–Trinajstić information content (AvgIpc) is 2.72. The number of anilines is 1. The predicted octanol–water partition coefficient (Wildman–Crippen LogP) is 0.586. The van der Waals surface area contributed by atoms with E-state index in [-0.39, 0.29) is 11.1 Å². The van der Waals surface area contributed by atoms with Crippen molar-refractivity contribution in [2.45, 2.75) is 30.9 Å². The van der Waals surface area contributed by atoms with Crippen molar-refractivity contribution in [3.05, 3.63) is 12.3 Å². The van der Waals surface area contributed by atoms with Crippen molar-refractivity contribution in [3.63, 3.8) is 0 Å². The molecule has 0 aliphatic heterocycles. The Bertz CT molecular complexity index is 418. The van der Waals surface area contributed by atoms with E-state index in [0.29, 0.717) is 0 Å². The molecule has 5 nitrogen and oxygen atoms in total. The molecular weight excluding hydrogens is 202 g/mol. The first kappa shape index (κ1) is 9.51. The summed E-state index contributed by atoms with van der Waals surface area (Å²) in [6.45, 7) is 0. The van der Waals surface area contributed by atoms with Gasteiger partial charge in [0.2, 0.25) is 0 Å². The summed E-state index contributed by atoms with van der Waals surface area (Å²) in [6, 6.07) is 1.49. The number of hydrogen-bond acceptors (Lipinski definition) is 4. The maximum atomic E-state index is 11.9. The first-order valence-corrected chi connectivity index (χ1v) is 6.16. The summed E-state index contributed by atoms with van der Waals surface area (Å²) < 4.78 is 24.8. The van der Waals surface area contributed by atoms with Gasteiger partial charge >= 0.3 is 0 Å². The van der Waals surface area contributed by atoms with Crippen LogP contribution in [-0.2, 0) is 10.0 Å². The van der Waals surface area contributed by atoms with Crippen molar-refractivity contribution in [2.24, 2.45) is 0 Å². The van der Waals surface area contributed by atoms with E-state index >= 15 is 0 Å². The van der Waals surface area contributed by atoms with Crippen LogP contribution in [0.1, 0.15) is 25.7 Å². The molecule has 1 aliphatic rings. The summed E-state index contributed by atoms with van der Waals surface area (Å²) in [5, 5.41) is 3.46. The average molecular weight is 215 g/mol. The summed E-state index contributed by atoms with van der Waals surface area (Å²) in [7, 11) is -3.29. The molecule has 14 heavy (non-hydrogen) atoms. The molecule has 1 fully saturated rings. The normalized spacial score (nSPS) is 18.9. The molecule has 1 saturated carbocycles. The van der Waals surface area contributed by atoms with E-state index < -0.39 is 10.0 Å². The maximum Gasteiger partial charge on any atom is 0.256 e. The van der Waals surface area contributed by atoms with Crippen LogP contribution < -0.4 is 5.73 Å². The minimum absolute atomic E-state index is 0.242. The van der Waals surface area contributed by atoms with Gasteiger partial charge in [-0.2, -0.15) is 4.09 Å². The van der Waals surface area contributed by atoms with Crippen molar-refractivity contribution in [1.82, 2.24) is 9.19 Å². The van der Waals surface area contributed by atoms with Crippen molar-refractivity contribution < 1.29 is 8.42 Å². The highest BCUT2D eigenvalue weighted by molar-refractivity contribution is 7.90. The van der Waals surface area contributed by atoms with Crippen LogP contribution >= 0.6 is 0 Å². The van der Waals surface area contributed by atoms with Gasteiger partial charge in [0.25, 0.3) is 10.0 Å². The Balaban J connectivity index is 2.32. The Morgan fingerprint density at radius 3 is 2.57 bits per heavy atom. The van der Waals surface area contributed by atoms with E-state index in [9.17, 15) is 8.42 Å². The van der Waals surface area contributed by atoms with Gasteiger partial charge in [-0.05, 0) is 12.8 Å². The fraction of sp³-hybridized carbons (Fsp3) is 0.625. The van der Waals surface area contributed by atoms with Crippen LogP contribution in [0.2, 0.25) is 0 Å². The molecule has 0 saturated heterocycles. The van der Waals surface area contributed by atoms with Crippen LogP contribution in [0.25, 0.3) is 0 Å². The SMILES string of the molecule is Nc1ccn(S(=O)(=O)C2CCCC2)n1. The molecule has 0 aromatic carbocycles. The smallest absolute Gasteiger partial charge is 0.256 e. The third kappa shape index (κ3) is 1.50. The molecule has 78 valence electrons. The Morgan fingerprint density at radius 2 is 2.07 bits per heavy atom. The second-order valence-electron chi connectivity index (χ2n) is 3.56. The molecule has 0 amide bonds. The van der Waals surface area contributed by atoms with E-state index in [1.807, 2.05) is 0 Å². The maximum absolute atomic E-state index is 11.9. The van der Waals surface area contributed by atoms with E-state index in [0.717, 1.165) is 29.8 Å². The van der Waals surface area contributed by atoms with Crippen LogP contribution in [0.4, 0.5) is 5.82 Å². The standard InChI is InChI=1S/C8H13N3O2S/c9-8-5-6-11(10-8)14(12,13)7-3-1-2-4-7/h5-7H,1-4H2,(H2,9,10). The van der Waals surface area contributed by atoms with Gasteiger partial charge in [0.05, 0.1) is 5.25 Å². The van der Waals surface area contributed by atoms with Gasteiger partial charge in [0.15, 0.2) is 0 Å². The first-order valence-electron chi connectivity index (χ1n) is 4.66. The number of nitrogens with two attached hydrogens (primary N) is 1. The van der Waals surface area contributed by atoms with Crippen molar-refractivity contribution in [1.29, 1.82) is 0 Å². The van der Waals surface area contributed by atoms with Crippen molar-refractivity contribution >= 4 is 15.8 Å². The zero-order valence-corrected chi connectivity index (χ0v) is 8.57. The second-order valence-corrected chi connectivity index (χ2v) is 5.64. The highest BCUT2D eigenvalue weighted by Gasteiger charge is 2.30. The number of rotatable bonds is 2. The Labute approximate surface area is 83.0 Å². The highest BCUT2D eigenvalue weighted by atomic mass is 32.2. The molecule has 0 spiro atoms. The summed E-state index contributed by atoms with van der Waals surface area (Å²) in [5.74, 6) is 0.242. The molecule has 1 aromatic heterocycles. The Kier molecular flexibility index (Phi) is 2.22. The topological polar surface area (TPSA) is 78.0 Å². The van der Waals surface area contributed by atoms with Gasteiger partial charge < -0.3 is 5.73 Å². The predicted molar refractivity (Wildman–Crippen MR) is 53.2 cm³/mol. The largest absolute Gasteiger partial charge is 0.382 e. The molecule has 2 rings (SSSR count). The van der Waals surface area contributed by atoms with Gasteiger partial charge in [-0.1, -0.05) is 12.8 Å². The summed E-state index contributed by atoms with van der Waals surface area (Å²) in [6.07, 6.45) is 4.86. The minimum atomic E-state index is -3.29. The number of nitrogen functional groups attached to an aromatic ring is 1. The summed E-state index contributed by atoms with van der Waals surface area (Å²) in [5.41, 5.74) is 5.38. The molecule has 0 radical (unpaired) electrons. The van der Waals surface area contributed by atoms with Gasteiger partial charge in [-0.3, -0.25) is 0 Å². The van der Waals surface area contributed by atoms with E-state index in [1.54, 1.807) is 0 Å². The number of hydrogen-bond donors (Lipinski definition) is 1. The lowest BCUT2D eigenvalue weighted by atomic mass is 10.4. The summed E-state index contributed by atoms with van der Waals surface area (Å²) >= 11 is 0. The molecule has 2 N–H and O–H groups in total. The first-order chi connectivity index (χ1) is 6.60. The minimum Gasteiger partial charge on any atom is -0.382 e. The fourth-order valence-electron chi connectivity index (χ4n) is 1.80. The molecule has 1 aromatic rings. The number of nitrogens with zero attached hydrogens (tertiary/aromatic N) is 2. The van der Waals surface area contributed by atoms with Gasteiger partial charge in [0, 0.05) is 12.3 Å². The van der Waals surface area contributed by atoms with Gasteiger partial charge in [0.1, 0.15) is 5.82 Å². The third-order valence-corrected chi connectivity index (χ3v) is 4.61. The van der Waals surface area contributed by atoms with Crippen molar-refractivity contribution in [2.75, 3.05) is 5.73 Å². The molecular formula is C8H13N3O2S.